The molecule has 2 aromatic carbocycles. The molecule has 3 aromatic rings. The Bertz CT molecular complexity index is 627. The van der Waals surface area contributed by atoms with Crippen LogP contribution >= 0.6 is 11.3 Å². The van der Waals surface area contributed by atoms with E-state index in [-0.39, 0.29) is 6.04 Å². The smallest absolute Gasteiger partial charge is 0.0559 e. The Labute approximate surface area is 117 Å². The maximum Gasteiger partial charge on any atom is 0.0559 e. The lowest BCUT2D eigenvalue weighted by Gasteiger charge is -2.11. The Hall–Kier alpha value is -1.90. The quantitative estimate of drug-likeness (QED) is 0.743. The van der Waals surface area contributed by atoms with Crippen molar-refractivity contribution in [3.05, 3.63) is 82.6 Å². The summed E-state index contributed by atoms with van der Waals surface area (Å²) in [6.07, 6.45) is 0. The van der Waals surface area contributed by atoms with Gasteiger partial charge in [0.15, 0.2) is 0 Å². The summed E-state index contributed by atoms with van der Waals surface area (Å²) in [5, 5.41) is 4.17. The van der Waals surface area contributed by atoms with E-state index >= 15 is 0 Å². The second-order valence-corrected chi connectivity index (χ2v) is 5.30. The highest BCUT2D eigenvalue weighted by Gasteiger charge is 2.09. The second kappa shape index (κ2) is 5.39. The van der Waals surface area contributed by atoms with Crippen LogP contribution in [0, 0.1) is 0 Å². The van der Waals surface area contributed by atoms with Crippen LogP contribution in [0.3, 0.4) is 0 Å². The highest BCUT2D eigenvalue weighted by Crippen LogP contribution is 2.25. The number of nitrogens with two attached hydrogens (primary N) is 1. The molecule has 0 saturated carbocycles. The van der Waals surface area contributed by atoms with E-state index in [4.69, 9.17) is 5.73 Å². The van der Waals surface area contributed by atoms with Gasteiger partial charge in [-0.25, -0.2) is 0 Å². The molecule has 1 atom stereocenters. The third-order valence-electron chi connectivity index (χ3n) is 3.28. The SMILES string of the molecule is NC(c1ccc(-c2ccccc2)cc1)c1ccsc1. The fraction of sp³-hybridized carbons (Fsp3) is 0.0588. The summed E-state index contributed by atoms with van der Waals surface area (Å²) in [7, 11) is 0. The maximum atomic E-state index is 6.26. The first kappa shape index (κ1) is 12.2. The molecule has 0 aliphatic heterocycles. The molecule has 1 aromatic heterocycles. The largest absolute Gasteiger partial charge is 0.320 e. The Morgan fingerprint density at radius 2 is 1.42 bits per heavy atom. The Balaban J connectivity index is 1.87. The molecule has 0 radical (unpaired) electrons. The van der Waals surface area contributed by atoms with Crippen molar-refractivity contribution in [2.75, 3.05) is 0 Å². The van der Waals surface area contributed by atoms with Crippen LogP contribution in [0.4, 0.5) is 0 Å². The van der Waals surface area contributed by atoms with E-state index in [0.717, 1.165) is 5.56 Å². The van der Waals surface area contributed by atoms with Crippen LogP contribution < -0.4 is 5.73 Å². The Morgan fingerprint density at radius 3 is 2.05 bits per heavy atom. The van der Waals surface area contributed by atoms with Gasteiger partial charge in [0, 0.05) is 0 Å². The summed E-state index contributed by atoms with van der Waals surface area (Å²) < 4.78 is 0. The molecule has 0 aliphatic carbocycles. The summed E-state index contributed by atoms with van der Waals surface area (Å²) in [6, 6.07) is 20.9. The lowest BCUT2D eigenvalue weighted by Crippen LogP contribution is -2.10. The molecule has 0 bridgehead atoms. The summed E-state index contributed by atoms with van der Waals surface area (Å²) in [4.78, 5) is 0. The summed E-state index contributed by atoms with van der Waals surface area (Å²) in [5.74, 6) is 0. The topological polar surface area (TPSA) is 26.0 Å². The molecule has 0 fully saturated rings. The van der Waals surface area contributed by atoms with Gasteiger partial charge in [0.05, 0.1) is 6.04 Å². The third-order valence-corrected chi connectivity index (χ3v) is 3.98. The van der Waals surface area contributed by atoms with E-state index in [2.05, 4.69) is 65.4 Å². The molecule has 1 unspecified atom stereocenters. The lowest BCUT2D eigenvalue weighted by atomic mass is 9.98. The number of hydrogen-bond acceptors (Lipinski definition) is 2. The van der Waals surface area contributed by atoms with Crippen molar-refractivity contribution in [2.24, 2.45) is 5.73 Å². The van der Waals surface area contributed by atoms with Gasteiger partial charge in [0.2, 0.25) is 0 Å². The van der Waals surface area contributed by atoms with Gasteiger partial charge in [-0.15, -0.1) is 0 Å². The number of thiophene rings is 1. The average molecular weight is 265 g/mol. The molecule has 1 nitrogen and oxygen atoms in total. The maximum absolute atomic E-state index is 6.26. The van der Waals surface area contributed by atoms with Crippen LogP contribution in [-0.2, 0) is 0 Å². The second-order valence-electron chi connectivity index (χ2n) is 4.52. The zero-order valence-electron chi connectivity index (χ0n) is 10.5. The van der Waals surface area contributed by atoms with Crippen molar-refractivity contribution >= 4 is 11.3 Å². The van der Waals surface area contributed by atoms with E-state index < -0.39 is 0 Å². The van der Waals surface area contributed by atoms with E-state index in [1.165, 1.54) is 16.7 Å². The van der Waals surface area contributed by atoms with Gasteiger partial charge in [-0.05, 0) is 39.1 Å². The van der Waals surface area contributed by atoms with Crippen molar-refractivity contribution < 1.29 is 0 Å². The van der Waals surface area contributed by atoms with Gasteiger partial charge in [-0.1, -0.05) is 54.6 Å². The minimum atomic E-state index is -0.0314. The Kier molecular flexibility index (Phi) is 3.45. The molecule has 94 valence electrons. The monoisotopic (exact) mass is 265 g/mol. The van der Waals surface area contributed by atoms with Crippen LogP contribution in [0.2, 0.25) is 0 Å². The predicted octanol–water partition coefficient (Wildman–Crippen LogP) is 4.46. The molecule has 0 aliphatic rings. The van der Waals surface area contributed by atoms with Gasteiger partial charge >= 0.3 is 0 Å². The highest BCUT2D eigenvalue weighted by molar-refractivity contribution is 7.08. The molecule has 0 amide bonds. The summed E-state index contributed by atoms with van der Waals surface area (Å²) in [6.45, 7) is 0. The first-order chi connectivity index (χ1) is 9.34. The van der Waals surface area contributed by atoms with Crippen molar-refractivity contribution in [3.63, 3.8) is 0 Å². The van der Waals surface area contributed by atoms with Crippen molar-refractivity contribution in [1.82, 2.24) is 0 Å². The summed E-state index contributed by atoms with van der Waals surface area (Å²) >= 11 is 1.68. The third kappa shape index (κ3) is 2.60. The minimum Gasteiger partial charge on any atom is -0.320 e. The highest BCUT2D eigenvalue weighted by atomic mass is 32.1. The average Bonchev–Trinajstić information content (AvgIpc) is 3.02. The molecular formula is C17H15NS. The van der Waals surface area contributed by atoms with Crippen molar-refractivity contribution in [2.45, 2.75) is 6.04 Å². The summed E-state index contributed by atoms with van der Waals surface area (Å²) in [5.41, 5.74) is 11.0. The number of benzene rings is 2. The molecular weight excluding hydrogens is 250 g/mol. The van der Waals surface area contributed by atoms with E-state index in [9.17, 15) is 0 Å². The standard InChI is InChI=1S/C17H15NS/c18-17(16-10-11-19-12-16)15-8-6-14(7-9-15)13-4-2-1-3-5-13/h1-12,17H,18H2. The number of rotatable bonds is 3. The molecule has 0 spiro atoms. The van der Waals surface area contributed by atoms with Crippen LogP contribution in [-0.4, -0.2) is 0 Å². The lowest BCUT2D eigenvalue weighted by molar-refractivity contribution is 0.877. The zero-order chi connectivity index (χ0) is 13.1. The fourth-order valence-corrected chi connectivity index (χ4v) is 2.85. The van der Waals surface area contributed by atoms with Crippen molar-refractivity contribution in [3.8, 4) is 11.1 Å². The first-order valence-corrected chi connectivity index (χ1v) is 7.22. The van der Waals surface area contributed by atoms with E-state index in [1.54, 1.807) is 11.3 Å². The molecule has 19 heavy (non-hydrogen) atoms. The first-order valence-electron chi connectivity index (χ1n) is 6.27. The van der Waals surface area contributed by atoms with Crippen LogP contribution in [0.15, 0.2) is 71.4 Å². The molecule has 2 N–H and O–H groups in total. The van der Waals surface area contributed by atoms with Gasteiger partial charge in [0.1, 0.15) is 0 Å². The van der Waals surface area contributed by atoms with Crippen LogP contribution in [0.5, 0.6) is 0 Å². The van der Waals surface area contributed by atoms with Crippen LogP contribution in [0.25, 0.3) is 11.1 Å². The fourth-order valence-electron chi connectivity index (χ4n) is 2.16. The normalized spacial score (nSPS) is 12.3. The number of hydrogen-bond donors (Lipinski definition) is 1. The Morgan fingerprint density at radius 1 is 0.737 bits per heavy atom. The van der Waals surface area contributed by atoms with Crippen LogP contribution in [0.1, 0.15) is 17.2 Å². The molecule has 0 saturated heterocycles. The molecule has 3 rings (SSSR count). The van der Waals surface area contributed by atoms with Gasteiger partial charge in [-0.3, -0.25) is 0 Å². The molecule has 2 heteroatoms. The zero-order valence-corrected chi connectivity index (χ0v) is 11.3. The minimum absolute atomic E-state index is 0.0314. The van der Waals surface area contributed by atoms with Gasteiger partial charge < -0.3 is 5.73 Å². The predicted molar refractivity (Wildman–Crippen MR) is 82.2 cm³/mol. The van der Waals surface area contributed by atoms with E-state index in [0.29, 0.717) is 0 Å². The van der Waals surface area contributed by atoms with E-state index in [1.807, 2.05) is 6.07 Å². The van der Waals surface area contributed by atoms with Gasteiger partial charge in [-0.2, -0.15) is 11.3 Å². The van der Waals surface area contributed by atoms with Gasteiger partial charge in [0.25, 0.3) is 0 Å². The molecule has 1 heterocycles. The van der Waals surface area contributed by atoms with Crippen molar-refractivity contribution in [1.29, 1.82) is 0 Å².